The summed E-state index contributed by atoms with van der Waals surface area (Å²) in [5, 5.41) is 0. The minimum absolute atomic E-state index is 0.314. The highest BCUT2D eigenvalue weighted by Gasteiger charge is 2.49. The Morgan fingerprint density at radius 2 is 1.93 bits per heavy atom. The highest BCUT2D eigenvalue weighted by atomic mass is 35.5. The van der Waals surface area contributed by atoms with E-state index in [9.17, 15) is 0 Å². The van der Waals surface area contributed by atoms with Crippen molar-refractivity contribution in [2.75, 3.05) is 43.6 Å². The number of hydrogen-bond donors (Lipinski definition) is 1. The van der Waals surface area contributed by atoms with E-state index in [1.807, 2.05) is 52.0 Å². The zero-order valence-electron chi connectivity index (χ0n) is 17.5. The van der Waals surface area contributed by atoms with Crippen LogP contribution in [0.5, 0.6) is 0 Å². The van der Waals surface area contributed by atoms with Gasteiger partial charge in [0.1, 0.15) is 5.82 Å². The Hall–Kier alpha value is -1.12. The van der Waals surface area contributed by atoms with E-state index in [1.54, 1.807) is 0 Å². The molecule has 2 heterocycles. The molecule has 1 aromatic rings. The van der Waals surface area contributed by atoms with Gasteiger partial charge >= 0.3 is 7.12 Å². The van der Waals surface area contributed by atoms with E-state index in [4.69, 9.17) is 31.4 Å². The molecule has 8 heteroatoms. The molecule has 0 aliphatic carbocycles. The number of rotatable bonds is 11. The fourth-order valence-corrected chi connectivity index (χ4v) is 3.03. The van der Waals surface area contributed by atoms with Gasteiger partial charge in [0.2, 0.25) is 0 Å². The summed E-state index contributed by atoms with van der Waals surface area (Å²) in [6.45, 7) is 11.4. The van der Waals surface area contributed by atoms with Gasteiger partial charge in [-0.1, -0.05) is 18.1 Å². The van der Waals surface area contributed by atoms with Crippen molar-refractivity contribution in [2.24, 2.45) is 5.73 Å². The van der Waals surface area contributed by atoms with E-state index in [1.165, 1.54) is 0 Å². The number of aromatic nitrogens is 1. The molecule has 0 saturated carbocycles. The number of nitrogens with two attached hydrogens (primary N) is 1. The molecule has 6 nitrogen and oxygen atoms in total. The topological polar surface area (TPSA) is 69.8 Å². The molecule has 0 aromatic carbocycles. The minimum Gasteiger partial charge on any atom is -0.400 e. The van der Waals surface area contributed by atoms with Crippen LogP contribution in [0.4, 0.5) is 5.82 Å². The fourth-order valence-electron chi connectivity index (χ4n) is 2.83. The third kappa shape index (κ3) is 6.46. The third-order valence-electron chi connectivity index (χ3n) is 5.20. The van der Waals surface area contributed by atoms with Gasteiger partial charge in [-0.25, -0.2) is 4.98 Å². The largest absolute Gasteiger partial charge is 0.486 e. The van der Waals surface area contributed by atoms with Crippen molar-refractivity contribution < 1.29 is 14.0 Å². The molecule has 1 aliphatic heterocycles. The lowest BCUT2D eigenvalue weighted by molar-refractivity contribution is 0.00578. The van der Waals surface area contributed by atoms with Gasteiger partial charge in [0.25, 0.3) is 0 Å². The van der Waals surface area contributed by atoms with Crippen molar-refractivity contribution in [3.8, 4) is 0 Å². The predicted molar refractivity (Wildman–Crippen MR) is 116 cm³/mol. The Bertz CT molecular complexity index is 604. The molecule has 2 N–H and O–H groups in total. The summed E-state index contributed by atoms with van der Waals surface area (Å²) in [4.78, 5) is 6.61. The van der Waals surface area contributed by atoms with E-state index in [0.29, 0.717) is 25.6 Å². The average molecular weight is 410 g/mol. The van der Waals surface area contributed by atoms with Gasteiger partial charge in [-0.05, 0) is 45.7 Å². The molecule has 1 saturated heterocycles. The smallest absolute Gasteiger partial charge is 0.400 e. The quantitative estimate of drug-likeness (QED) is 0.344. The molecule has 0 atom stereocenters. The summed E-state index contributed by atoms with van der Waals surface area (Å²) in [6.07, 6.45) is 4.64. The molecular formula is C20H33BClN3O3. The summed E-state index contributed by atoms with van der Waals surface area (Å²) in [5.41, 5.74) is 6.16. The summed E-state index contributed by atoms with van der Waals surface area (Å²) in [5.74, 6) is 3.37. The lowest BCUT2D eigenvalue weighted by atomic mass is 9.90. The Labute approximate surface area is 174 Å². The number of nitrogens with zero attached hydrogens (tertiary/aromatic N) is 2. The lowest BCUT2D eigenvalue weighted by Gasteiger charge is -2.32. The van der Waals surface area contributed by atoms with Crippen molar-refractivity contribution in [3.63, 3.8) is 0 Å². The first-order valence-corrected chi connectivity index (χ1v) is 10.4. The van der Waals surface area contributed by atoms with E-state index in [0.717, 1.165) is 30.9 Å². The molecule has 156 valence electrons. The number of pyridine rings is 1. The van der Waals surface area contributed by atoms with Gasteiger partial charge in [0.05, 0.1) is 24.4 Å². The van der Waals surface area contributed by atoms with Crippen molar-refractivity contribution in [2.45, 2.75) is 45.3 Å². The summed E-state index contributed by atoms with van der Waals surface area (Å²) in [7, 11) is -0.324. The predicted octanol–water partition coefficient (Wildman–Crippen LogP) is 2.83. The van der Waals surface area contributed by atoms with Crippen molar-refractivity contribution in [3.05, 3.63) is 35.9 Å². The van der Waals surface area contributed by atoms with Gasteiger partial charge in [-0.15, -0.1) is 11.6 Å². The van der Waals surface area contributed by atoms with Crippen LogP contribution in [0, 0.1) is 0 Å². The van der Waals surface area contributed by atoms with Crippen LogP contribution in [0.15, 0.2) is 30.4 Å². The third-order valence-corrected chi connectivity index (χ3v) is 5.37. The van der Waals surface area contributed by atoms with Crippen LogP contribution in [0.1, 0.15) is 33.3 Å². The number of ether oxygens (including phenoxy) is 1. The molecule has 1 fully saturated rings. The number of alkyl halides is 1. The SMILES string of the molecule is CC1(C)OB(/C=C/COCCc2ccc(N(CCN)CCCl)nc2)OC1(C)C. The minimum atomic E-state index is -0.324. The van der Waals surface area contributed by atoms with Crippen LogP contribution >= 0.6 is 11.6 Å². The van der Waals surface area contributed by atoms with Crippen LogP contribution in [-0.4, -0.2) is 62.0 Å². The fraction of sp³-hybridized carbons (Fsp3) is 0.650. The van der Waals surface area contributed by atoms with Crippen LogP contribution in [0.25, 0.3) is 0 Å². The van der Waals surface area contributed by atoms with E-state index in [2.05, 4.69) is 16.0 Å². The zero-order chi connectivity index (χ0) is 20.6. The van der Waals surface area contributed by atoms with Crippen LogP contribution in [0.2, 0.25) is 0 Å². The molecule has 28 heavy (non-hydrogen) atoms. The summed E-state index contributed by atoms with van der Waals surface area (Å²) in [6, 6.07) is 4.08. The second-order valence-corrected chi connectivity index (χ2v) is 8.25. The molecule has 2 rings (SSSR count). The maximum atomic E-state index is 5.91. The first-order valence-electron chi connectivity index (χ1n) is 9.85. The molecule has 0 bridgehead atoms. The molecule has 0 radical (unpaired) electrons. The van der Waals surface area contributed by atoms with Crippen molar-refractivity contribution in [1.82, 2.24) is 4.98 Å². The van der Waals surface area contributed by atoms with Crippen molar-refractivity contribution >= 4 is 24.5 Å². The maximum Gasteiger partial charge on any atom is 0.486 e. The normalized spacial score (nSPS) is 18.1. The Morgan fingerprint density at radius 1 is 1.21 bits per heavy atom. The molecule has 1 aromatic heterocycles. The zero-order valence-corrected chi connectivity index (χ0v) is 18.2. The highest BCUT2D eigenvalue weighted by Crippen LogP contribution is 2.36. The lowest BCUT2D eigenvalue weighted by Crippen LogP contribution is -2.41. The average Bonchev–Trinajstić information content (AvgIpc) is 2.85. The first-order chi connectivity index (χ1) is 13.3. The monoisotopic (exact) mass is 409 g/mol. The highest BCUT2D eigenvalue weighted by molar-refractivity contribution is 6.51. The van der Waals surface area contributed by atoms with Gasteiger partial charge in [-0.3, -0.25) is 0 Å². The van der Waals surface area contributed by atoms with Crippen LogP contribution in [0.3, 0.4) is 0 Å². The Morgan fingerprint density at radius 3 is 2.50 bits per heavy atom. The molecule has 0 amide bonds. The van der Waals surface area contributed by atoms with E-state index >= 15 is 0 Å². The summed E-state index contributed by atoms with van der Waals surface area (Å²) < 4.78 is 17.5. The number of hydrogen-bond acceptors (Lipinski definition) is 6. The van der Waals surface area contributed by atoms with Gasteiger partial charge in [0.15, 0.2) is 0 Å². The molecule has 0 unspecified atom stereocenters. The molecule has 0 spiro atoms. The van der Waals surface area contributed by atoms with Gasteiger partial charge in [0, 0.05) is 31.7 Å². The number of anilines is 1. The summed E-state index contributed by atoms with van der Waals surface area (Å²) >= 11 is 5.84. The first kappa shape index (κ1) is 23.2. The van der Waals surface area contributed by atoms with E-state index in [-0.39, 0.29) is 18.3 Å². The second kappa shape index (κ2) is 10.6. The van der Waals surface area contributed by atoms with E-state index < -0.39 is 0 Å². The van der Waals surface area contributed by atoms with Crippen LogP contribution in [-0.2, 0) is 20.5 Å². The second-order valence-electron chi connectivity index (χ2n) is 7.87. The number of halogens is 1. The van der Waals surface area contributed by atoms with Gasteiger partial charge in [-0.2, -0.15) is 0 Å². The Balaban J connectivity index is 1.70. The van der Waals surface area contributed by atoms with Crippen LogP contribution < -0.4 is 10.6 Å². The van der Waals surface area contributed by atoms with Crippen molar-refractivity contribution in [1.29, 1.82) is 0 Å². The standard InChI is InChI=1S/C20H33BClN3O3/c1-19(2)20(3,4)28-21(27-19)9-5-14-26-15-8-17-6-7-18(24-16-17)25(12-10-22)13-11-23/h5-7,9,16H,8,10-15,23H2,1-4H3/b9-5+. The maximum absolute atomic E-state index is 5.91. The van der Waals surface area contributed by atoms with Gasteiger partial charge < -0.3 is 24.7 Å². The Kier molecular flexibility index (Phi) is 8.77. The molecule has 1 aliphatic rings. The molecular weight excluding hydrogens is 377 g/mol.